The molecule has 2 amide bonds. The van der Waals surface area contributed by atoms with Gasteiger partial charge in [-0.2, -0.15) is 5.26 Å². The third-order valence-corrected chi connectivity index (χ3v) is 4.46. The first kappa shape index (κ1) is 14.5. The van der Waals surface area contributed by atoms with E-state index in [0.717, 1.165) is 23.5 Å². The van der Waals surface area contributed by atoms with E-state index in [0.29, 0.717) is 17.3 Å². The molecule has 1 fully saturated rings. The summed E-state index contributed by atoms with van der Waals surface area (Å²) in [5, 5.41) is 17.4. The van der Waals surface area contributed by atoms with Gasteiger partial charge in [-0.15, -0.1) is 11.3 Å². The zero-order valence-corrected chi connectivity index (χ0v) is 12.9. The van der Waals surface area contributed by atoms with E-state index in [1.165, 1.54) is 6.20 Å². The summed E-state index contributed by atoms with van der Waals surface area (Å²) in [5.41, 5.74) is 1.43. The standard InChI is InChI=1S/C15H15N5OS/c1-9-8-22-14(18-9)13(11-2-3-11)20-15(21)19-12-6-10(7-16)4-5-17-12/h4-6,8,11,13H,2-3H2,1H3,(H2,17,19,20,21)/t13-/m1/s1. The number of carbonyl (C=O) groups excluding carboxylic acids is 1. The molecule has 0 spiro atoms. The highest BCUT2D eigenvalue weighted by atomic mass is 32.1. The molecule has 7 heteroatoms. The Labute approximate surface area is 132 Å². The minimum absolute atomic E-state index is 0.0575. The van der Waals surface area contributed by atoms with Crippen molar-refractivity contribution in [3.8, 4) is 6.07 Å². The van der Waals surface area contributed by atoms with Crippen molar-refractivity contribution >= 4 is 23.2 Å². The molecule has 0 bridgehead atoms. The third-order valence-electron chi connectivity index (χ3n) is 3.41. The van der Waals surface area contributed by atoms with E-state index in [9.17, 15) is 4.79 Å². The van der Waals surface area contributed by atoms with Crippen molar-refractivity contribution in [3.05, 3.63) is 40.0 Å². The molecular weight excluding hydrogens is 298 g/mol. The van der Waals surface area contributed by atoms with E-state index >= 15 is 0 Å². The topological polar surface area (TPSA) is 90.7 Å². The number of nitriles is 1. The van der Waals surface area contributed by atoms with Crippen molar-refractivity contribution in [3.63, 3.8) is 0 Å². The Balaban J connectivity index is 1.68. The second kappa shape index (κ2) is 6.12. The van der Waals surface area contributed by atoms with Crippen LogP contribution in [0.2, 0.25) is 0 Å². The lowest BCUT2D eigenvalue weighted by Crippen LogP contribution is -2.33. The lowest BCUT2D eigenvalue weighted by molar-refractivity contribution is 0.247. The molecule has 0 unspecified atom stereocenters. The van der Waals surface area contributed by atoms with E-state index in [2.05, 4.69) is 20.6 Å². The van der Waals surface area contributed by atoms with Crippen molar-refractivity contribution in [1.29, 1.82) is 5.26 Å². The number of aryl methyl sites for hydroxylation is 1. The van der Waals surface area contributed by atoms with Crippen LogP contribution in [-0.2, 0) is 0 Å². The largest absolute Gasteiger partial charge is 0.328 e. The number of thiazole rings is 1. The number of amides is 2. The number of pyridine rings is 1. The third kappa shape index (κ3) is 3.40. The highest BCUT2D eigenvalue weighted by Crippen LogP contribution is 2.41. The molecule has 22 heavy (non-hydrogen) atoms. The fraction of sp³-hybridized carbons (Fsp3) is 0.333. The van der Waals surface area contributed by atoms with Gasteiger partial charge in [0.15, 0.2) is 0 Å². The zero-order valence-electron chi connectivity index (χ0n) is 12.0. The number of nitrogens with one attached hydrogen (secondary N) is 2. The zero-order chi connectivity index (χ0) is 15.5. The summed E-state index contributed by atoms with van der Waals surface area (Å²) in [4.78, 5) is 20.7. The lowest BCUT2D eigenvalue weighted by Gasteiger charge is -2.16. The normalized spacial score (nSPS) is 14.9. The van der Waals surface area contributed by atoms with Crippen molar-refractivity contribution in [2.24, 2.45) is 5.92 Å². The van der Waals surface area contributed by atoms with Crippen LogP contribution in [0.1, 0.15) is 35.1 Å². The number of rotatable bonds is 4. The Morgan fingerprint density at radius 3 is 3.00 bits per heavy atom. The van der Waals surface area contributed by atoms with Crippen LogP contribution in [0, 0.1) is 24.2 Å². The molecule has 112 valence electrons. The predicted octanol–water partition coefficient (Wildman–Crippen LogP) is 2.99. The van der Waals surface area contributed by atoms with Gasteiger partial charge >= 0.3 is 6.03 Å². The van der Waals surface area contributed by atoms with E-state index < -0.39 is 0 Å². The smallest absolute Gasteiger partial charge is 0.320 e. The molecule has 2 N–H and O–H groups in total. The monoisotopic (exact) mass is 313 g/mol. The van der Waals surface area contributed by atoms with Gasteiger partial charge in [0.2, 0.25) is 0 Å². The molecule has 0 radical (unpaired) electrons. The number of carbonyl (C=O) groups is 1. The molecule has 2 heterocycles. The van der Waals surface area contributed by atoms with Crippen molar-refractivity contribution in [1.82, 2.24) is 15.3 Å². The van der Waals surface area contributed by atoms with Crippen LogP contribution in [0.3, 0.4) is 0 Å². The van der Waals surface area contributed by atoms with Crippen LogP contribution in [0.4, 0.5) is 10.6 Å². The van der Waals surface area contributed by atoms with E-state index in [1.807, 2.05) is 18.4 Å². The number of hydrogen-bond acceptors (Lipinski definition) is 5. The van der Waals surface area contributed by atoms with Crippen molar-refractivity contribution in [2.75, 3.05) is 5.32 Å². The molecule has 1 saturated carbocycles. The minimum Gasteiger partial charge on any atom is -0.328 e. The Hall–Kier alpha value is -2.46. The van der Waals surface area contributed by atoms with Gasteiger partial charge in [-0.3, -0.25) is 5.32 Å². The molecule has 1 atom stereocenters. The maximum absolute atomic E-state index is 12.2. The second-order valence-corrected chi connectivity index (χ2v) is 6.17. The second-order valence-electron chi connectivity index (χ2n) is 5.28. The van der Waals surface area contributed by atoms with Crippen LogP contribution in [0.5, 0.6) is 0 Å². The molecule has 2 aromatic heterocycles. The summed E-state index contributed by atoms with van der Waals surface area (Å²) in [6.07, 6.45) is 3.70. The summed E-state index contributed by atoms with van der Waals surface area (Å²) in [7, 11) is 0. The fourth-order valence-electron chi connectivity index (χ4n) is 2.19. The highest BCUT2D eigenvalue weighted by molar-refractivity contribution is 7.09. The summed E-state index contributed by atoms with van der Waals surface area (Å²) in [6, 6.07) is 4.77. The number of nitrogens with zero attached hydrogens (tertiary/aromatic N) is 3. The van der Waals surface area contributed by atoms with Gasteiger partial charge in [0.1, 0.15) is 10.8 Å². The number of anilines is 1. The average molecular weight is 313 g/mol. The van der Waals surface area contributed by atoms with Gasteiger partial charge in [-0.1, -0.05) is 0 Å². The van der Waals surface area contributed by atoms with Gasteiger partial charge in [0.25, 0.3) is 0 Å². The quantitative estimate of drug-likeness (QED) is 0.907. The molecule has 3 rings (SSSR count). The Morgan fingerprint density at radius 2 is 2.36 bits per heavy atom. The van der Waals surface area contributed by atoms with Crippen LogP contribution in [-0.4, -0.2) is 16.0 Å². The molecular formula is C15H15N5OS. The summed E-state index contributed by atoms with van der Waals surface area (Å²) >= 11 is 1.57. The molecule has 6 nitrogen and oxygen atoms in total. The first-order chi connectivity index (χ1) is 10.7. The fourth-order valence-corrected chi connectivity index (χ4v) is 3.13. The Bertz CT molecular complexity index is 732. The number of hydrogen-bond donors (Lipinski definition) is 2. The molecule has 0 aliphatic heterocycles. The maximum Gasteiger partial charge on any atom is 0.320 e. The van der Waals surface area contributed by atoms with Crippen molar-refractivity contribution in [2.45, 2.75) is 25.8 Å². The first-order valence-electron chi connectivity index (χ1n) is 7.01. The molecule has 0 saturated heterocycles. The van der Waals surface area contributed by atoms with E-state index in [1.54, 1.807) is 23.5 Å². The highest BCUT2D eigenvalue weighted by Gasteiger charge is 2.35. The van der Waals surface area contributed by atoms with Gasteiger partial charge in [-0.05, 0) is 37.8 Å². The van der Waals surface area contributed by atoms with Gasteiger partial charge < -0.3 is 5.32 Å². The summed E-state index contributed by atoms with van der Waals surface area (Å²) < 4.78 is 0. The first-order valence-corrected chi connectivity index (χ1v) is 7.89. The SMILES string of the molecule is Cc1csc([C@H](NC(=O)Nc2cc(C#N)ccn2)C2CC2)n1. The number of urea groups is 1. The summed E-state index contributed by atoms with van der Waals surface area (Å²) in [5.74, 6) is 0.816. The Morgan fingerprint density at radius 1 is 1.55 bits per heavy atom. The van der Waals surface area contributed by atoms with Crippen molar-refractivity contribution < 1.29 is 4.79 Å². The predicted molar refractivity (Wildman–Crippen MR) is 83.4 cm³/mol. The minimum atomic E-state index is -0.327. The van der Waals surface area contributed by atoms with E-state index in [4.69, 9.17) is 5.26 Å². The van der Waals surface area contributed by atoms with Crippen LogP contribution in [0.25, 0.3) is 0 Å². The van der Waals surface area contributed by atoms with Gasteiger partial charge in [0.05, 0.1) is 17.7 Å². The molecule has 2 aromatic rings. The number of aromatic nitrogens is 2. The lowest BCUT2D eigenvalue weighted by atomic mass is 10.2. The van der Waals surface area contributed by atoms with Gasteiger partial charge in [0, 0.05) is 17.3 Å². The molecule has 1 aliphatic rings. The van der Waals surface area contributed by atoms with Gasteiger partial charge in [-0.25, -0.2) is 14.8 Å². The molecule has 1 aliphatic carbocycles. The van der Waals surface area contributed by atoms with Crippen LogP contribution < -0.4 is 10.6 Å². The van der Waals surface area contributed by atoms with Crippen LogP contribution >= 0.6 is 11.3 Å². The van der Waals surface area contributed by atoms with Crippen LogP contribution in [0.15, 0.2) is 23.7 Å². The Kier molecular flexibility index (Phi) is 4.02. The average Bonchev–Trinajstić information content (AvgIpc) is 3.26. The molecule has 0 aromatic carbocycles. The maximum atomic E-state index is 12.2. The summed E-state index contributed by atoms with van der Waals surface area (Å²) in [6.45, 7) is 1.95. The van der Waals surface area contributed by atoms with E-state index in [-0.39, 0.29) is 12.1 Å².